The molecule has 0 fully saturated rings. The number of rotatable bonds is 6. The Hall–Kier alpha value is -2.16. The van der Waals surface area contributed by atoms with Crippen molar-refractivity contribution in [3.8, 4) is 0 Å². The lowest BCUT2D eigenvalue weighted by molar-refractivity contribution is -0.129. The second-order valence-electron chi connectivity index (χ2n) is 8.36. The zero-order valence-corrected chi connectivity index (χ0v) is 19.9. The minimum Gasteiger partial charge on any atom is -0.383 e. The molecule has 0 saturated carbocycles. The van der Waals surface area contributed by atoms with E-state index in [4.69, 9.17) is 9.72 Å². The Morgan fingerprint density at radius 3 is 2.84 bits per heavy atom. The first-order chi connectivity index (χ1) is 15.7. The van der Waals surface area contributed by atoms with Crippen LogP contribution in [0.5, 0.6) is 0 Å². The number of fused-ring (bicyclic) bond motifs is 4. The van der Waals surface area contributed by atoms with Crippen molar-refractivity contribution in [2.75, 3.05) is 26.0 Å². The molecule has 168 valence electrons. The number of thiophene rings is 1. The van der Waals surface area contributed by atoms with Gasteiger partial charge >= 0.3 is 0 Å². The highest BCUT2D eigenvalue weighted by molar-refractivity contribution is 7.99. The highest BCUT2D eigenvalue weighted by Crippen LogP contribution is 2.34. The molecule has 0 spiro atoms. The maximum Gasteiger partial charge on any atom is 0.263 e. The minimum absolute atomic E-state index is 0.00768. The van der Waals surface area contributed by atoms with Crippen LogP contribution in [0, 0.1) is 0 Å². The number of carbonyl (C=O) groups is 1. The number of carbonyl (C=O) groups excluding carboxylic acids is 1. The second kappa shape index (κ2) is 9.37. The normalized spacial score (nSPS) is 15.6. The Labute approximate surface area is 195 Å². The van der Waals surface area contributed by atoms with Gasteiger partial charge in [0.25, 0.3) is 5.56 Å². The number of aryl methyl sites for hydroxylation is 2. The van der Waals surface area contributed by atoms with Gasteiger partial charge in [-0.05, 0) is 48.8 Å². The van der Waals surface area contributed by atoms with Crippen LogP contribution < -0.4 is 5.56 Å². The van der Waals surface area contributed by atoms with Gasteiger partial charge in [-0.2, -0.15) is 0 Å². The fourth-order valence-electron chi connectivity index (χ4n) is 4.64. The average molecular weight is 470 g/mol. The Morgan fingerprint density at radius 2 is 2.00 bits per heavy atom. The quantitative estimate of drug-likeness (QED) is 0.407. The first-order valence-corrected chi connectivity index (χ1v) is 13.0. The summed E-state index contributed by atoms with van der Waals surface area (Å²) in [4.78, 5) is 35.3. The van der Waals surface area contributed by atoms with Crippen LogP contribution in [0.3, 0.4) is 0 Å². The fourth-order valence-corrected chi connectivity index (χ4v) is 6.87. The molecule has 2 aromatic heterocycles. The molecule has 1 aliphatic heterocycles. The molecule has 1 aliphatic carbocycles. The zero-order chi connectivity index (χ0) is 22.1. The van der Waals surface area contributed by atoms with Crippen molar-refractivity contribution in [3.63, 3.8) is 0 Å². The lowest BCUT2D eigenvalue weighted by Crippen LogP contribution is -2.37. The highest BCUT2D eigenvalue weighted by atomic mass is 32.2. The predicted molar refractivity (Wildman–Crippen MR) is 129 cm³/mol. The van der Waals surface area contributed by atoms with Crippen molar-refractivity contribution in [2.24, 2.45) is 0 Å². The van der Waals surface area contributed by atoms with Crippen molar-refractivity contribution >= 4 is 39.2 Å². The summed E-state index contributed by atoms with van der Waals surface area (Å²) < 4.78 is 6.95. The summed E-state index contributed by atoms with van der Waals surface area (Å²) in [6.45, 7) is 2.26. The van der Waals surface area contributed by atoms with Gasteiger partial charge in [0.2, 0.25) is 5.91 Å². The van der Waals surface area contributed by atoms with Crippen LogP contribution in [0.15, 0.2) is 34.2 Å². The number of nitrogens with zero attached hydrogens (tertiary/aromatic N) is 3. The highest BCUT2D eigenvalue weighted by Gasteiger charge is 2.24. The third-order valence-electron chi connectivity index (χ3n) is 6.37. The van der Waals surface area contributed by atoms with Gasteiger partial charge in [-0.1, -0.05) is 36.0 Å². The van der Waals surface area contributed by atoms with E-state index >= 15 is 0 Å². The molecule has 3 aromatic rings. The van der Waals surface area contributed by atoms with Crippen molar-refractivity contribution < 1.29 is 9.53 Å². The van der Waals surface area contributed by atoms with Crippen LogP contribution in [0.4, 0.5) is 0 Å². The molecule has 0 N–H and O–H groups in total. The lowest BCUT2D eigenvalue weighted by Gasteiger charge is -2.28. The maximum atomic E-state index is 13.4. The molecular weight excluding hydrogens is 442 g/mol. The van der Waals surface area contributed by atoms with E-state index in [1.54, 1.807) is 23.0 Å². The number of methoxy groups -OCH3 is 1. The Morgan fingerprint density at radius 1 is 1.19 bits per heavy atom. The average Bonchev–Trinajstić information content (AvgIpc) is 3.20. The topological polar surface area (TPSA) is 64.4 Å². The number of hydrogen-bond donors (Lipinski definition) is 0. The van der Waals surface area contributed by atoms with Crippen LogP contribution in [0.25, 0.3) is 10.2 Å². The van der Waals surface area contributed by atoms with Gasteiger partial charge in [0, 0.05) is 25.1 Å². The molecule has 5 rings (SSSR count). The third-order valence-corrected chi connectivity index (χ3v) is 8.51. The van der Waals surface area contributed by atoms with Gasteiger partial charge in [0.05, 0.1) is 24.3 Å². The Balaban J connectivity index is 1.39. The van der Waals surface area contributed by atoms with Crippen LogP contribution in [0.2, 0.25) is 0 Å². The van der Waals surface area contributed by atoms with Crippen LogP contribution in [-0.2, 0) is 41.9 Å². The van der Waals surface area contributed by atoms with Gasteiger partial charge in [0.1, 0.15) is 4.83 Å². The number of aromatic nitrogens is 2. The van der Waals surface area contributed by atoms with Gasteiger partial charge in [0.15, 0.2) is 5.16 Å². The minimum atomic E-state index is 0.00768. The van der Waals surface area contributed by atoms with Gasteiger partial charge in [-0.15, -0.1) is 11.3 Å². The summed E-state index contributed by atoms with van der Waals surface area (Å²) in [5.41, 5.74) is 3.75. The second-order valence-corrected chi connectivity index (χ2v) is 10.4. The van der Waals surface area contributed by atoms with E-state index in [1.807, 2.05) is 11.0 Å². The smallest absolute Gasteiger partial charge is 0.263 e. The summed E-state index contributed by atoms with van der Waals surface area (Å²) >= 11 is 3.02. The molecule has 0 saturated heterocycles. The molecule has 8 heteroatoms. The van der Waals surface area contributed by atoms with E-state index in [0.717, 1.165) is 42.4 Å². The first kappa shape index (κ1) is 21.7. The van der Waals surface area contributed by atoms with E-state index in [1.165, 1.54) is 39.8 Å². The molecule has 0 atom stereocenters. The Kier molecular flexibility index (Phi) is 6.35. The molecular formula is C24H27N3O3S2. The lowest BCUT2D eigenvalue weighted by atomic mass is 9.97. The number of thioether (sulfide) groups is 1. The van der Waals surface area contributed by atoms with E-state index in [2.05, 4.69) is 18.2 Å². The van der Waals surface area contributed by atoms with E-state index < -0.39 is 0 Å². The van der Waals surface area contributed by atoms with Crippen molar-refractivity contribution in [1.82, 2.24) is 14.5 Å². The van der Waals surface area contributed by atoms with E-state index in [9.17, 15) is 9.59 Å². The molecule has 6 nitrogen and oxygen atoms in total. The van der Waals surface area contributed by atoms with Crippen molar-refractivity contribution in [2.45, 2.75) is 50.4 Å². The van der Waals surface area contributed by atoms with Crippen LogP contribution in [0.1, 0.15) is 34.4 Å². The van der Waals surface area contributed by atoms with E-state index in [0.29, 0.717) is 24.9 Å². The van der Waals surface area contributed by atoms with Crippen LogP contribution in [-0.4, -0.2) is 46.4 Å². The first-order valence-electron chi connectivity index (χ1n) is 11.2. The summed E-state index contributed by atoms with van der Waals surface area (Å²) in [5, 5.41) is 1.40. The third kappa shape index (κ3) is 4.11. The molecule has 1 aromatic carbocycles. The van der Waals surface area contributed by atoms with E-state index in [-0.39, 0.29) is 17.2 Å². The zero-order valence-electron chi connectivity index (χ0n) is 18.3. The molecule has 32 heavy (non-hydrogen) atoms. The van der Waals surface area contributed by atoms with Gasteiger partial charge < -0.3 is 9.64 Å². The van der Waals surface area contributed by atoms with Gasteiger partial charge in [-0.3, -0.25) is 14.2 Å². The SMILES string of the molecule is COCCn1c(SCC(=O)N2CCc3ccccc3C2)nc2sc3c(c2c1=O)CCCC3. The number of amides is 1. The summed E-state index contributed by atoms with van der Waals surface area (Å²) in [6.07, 6.45) is 5.17. The fraction of sp³-hybridized carbons (Fsp3) is 0.458. The van der Waals surface area contributed by atoms with Crippen molar-refractivity contribution in [3.05, 3.63) is 56.2 Å². The molecule has 0 radical (unpaired) electrons. The molecule has 2 aliphatic rings. The van der Waals surface area contributed by atoms with Gasteiger partial charge in [-0.25, -0.2) is 4.98 Å². The number of ether oxygens (including phenoxy) is 1. The Bertz CT molecular complexity index is 1220. The summed E-state index contributed by atoms with van der Waals surface area (Å²) in [7, 11) is 1.63. The van der Waals surface area contributed by atoms with Crippen molar-refractivity contribution in [1.29, 1.82) is 0 Å². The predicted octanol–water partition coefficient (Wildman–Crippen LogP) is 3.66. The number of hydrogen-bond acceptors (Lipinski definition) is 6. The molecule has 1 amide bonds. The standard InChI is InChI=1S/C24H27N3O3S2/c1-30-13-12-27-23(29)21-18-8-4-5-9-19(18)32-22(21)25-24(27)31-15-20(28)26-11-10-16-6-2-3-7-17(16)14-26/h2-3,6-7H,4-5,8-15H2,1H3. The summed E-state index contributed by atoms with van der Waals surface area (Å²) in [6, 6.07) is 8.31. The largest absolute Gasteiger partial charge is 0.383 e. The molecule has 0 bridgehead atoms. The summed E-state index contributed by atoms with van der Waals surface area (Å²) in [5.74, 6) is 0.362. The molecule has 0 unspecified atom stereocenters. The molecule has 3 heterocycles. The van der Waals surface area contributed by atoms with Crippen LogP contribution >= 0.6 is 23.1 Å². The number of benzene rings is 1. The monoisotopic (exact) mass is 469 g/mol. The maximum absolute atomic E-state index is 13.4.